The molecule has 0 spiro atoms. The maximum Gasteiger partial charge on any atom is 0.416 e. The average molecular weight is 413 g/mol. The molecular formula is C20H18F3N7. The minimum atomic E-state index is -4.38. The summed E-state index contributed by atoms with van der Waals surface area (Å²) in [7, 11) is 0. The van der Waals surface area contributed by atoms with Crippen molar-refractivity contribution < 1.29 is 13.2 Å². The smallest absolute Gasteiger partial charge is 0.342 e. The van der Waals surface area contributed by atoms with Gasteiger partial charge in [-0.25, -0.2) is 4.98 Å². The van der Waals surface area contributed by atoms with Crippen molar-refractivity contribution >= 4 is 11.7 Å². The molecule has 0 bridgehead atoms. The number of H-pyrrole nitrogens is 1. The predicted octanol–water partition coefficient (Wildman–Crippen LogP) is 4.12. The molecule has 1 aliphatic rings. The van der Waals surface area contributed by atoms with Crippen molar-refractivity contribution in [1.82, 2.24) is 24.6 Å². The first-order valence-corrected chi connectivity index (χ1v) is 9.39. The molecule has 4 rings (SSSR count). The summed E-state index contributed by atoms with van der Waals surface area (Å²) in [6, 6.07) is 7.28. The lowest BCUT2D eigenvalue weighted by molar-refractivity contribution is -0.137. The second kappa shape index (κ2) is 7.67. The standard InChI is InChI=1S/C20H18F3N7/c1-2-6-29-12-16-19(27-17(29)8-24)28-18(26-16)14-9-25-30(11-14)10-13-4-3-5-15(7-13)20(21,22)23/h3-5,7,9,11H,2,6,10,12H2,1H3,(H,26,28). The number of benzene rings is 1. The van der Waals surface area contributed by atoms with E-state index in [2.05, 4.69) is 26.1 Å². The second-order valence-electron chi connectivity index (χ2n) is 6.98. The molecule has 0 saturated carbocycles. The van der Waals surface area contributed by atoms with Crippen LogP contribution in [0.2, 0.25) is 0 Å². The molecule has 0 fully saturated rings. The molecule has 0 unspecified atom stereocenters. The highest BCUT2D eigenvalue weighted by Crippen LogP contribution is 2.30. The zero-order chi connectivity index (χ0) is 21.3. The van der Waals surface area contributed by atoms with Crippen molar-refractivity contribution in [2.24, 2.45) is 4.99 Å². The van der Waals surface area contributed by atoms with Crippen LogP contribution in [0.1, 0.15) is 30.2 Å². The van der Waals surface area contributed by atoms with E-state index in [1.807, 2.05) is 11.8 Å². The van der Waals surface area contributed by atoms with Crippen LogP contribution in [-0.4, -0.2) is 37.0 Å². The van der Waals surface area contributed by atoms with Gasteiger partial charge in [-0.3, -0.25) is 4.68 Å². The van der Waals surface area contributed by atoms with Gasteiger partial charge in [0.1, 0.15) is 11.9 Å². The molecule has 3 aromatic rings. The van der Waals surface area contributed by atoms with E-state index in [0.717, 1.165) is 30.8 Å². The first-order chi connectivity index (χ1) is 14.4. The molecule has 0 aliphatic carbocycles. The van der Waals surface area contributed by atoms with Gasteiger partial charge in [0.2, 0.25) is 5.84 Å². The first-order valence-electron chi connectivity index (χ1n) is 9.39. The van der Waals surface area contributed by atoms with Crippen LogP contribution in [-0.2, 0) is 19.3 Å². The Kier molecular flexibility index (Phi) is 5.03. The Labute approximate surface area is 170 Å². The number of nitriles is 1. The van der Waals surface area contributed by atoms with Crippen LogP contribution in [0, 0.1) is 11.3 Å². The van der Waals surface area contributed by atoms with Crippen LogP contribution in [0.25, 0.3) is 11.4 Å². The van der Waals surface area contributed by atoms with Crippen LogP contribution in [0.15, 0.2) is 41.7 Å². The van der Waals surface area contributed by atoms with E-state index in [1.165, 1.54) is 6.07 Å². The third-order valence-corrected chi connectivity index (χ3v) is 4.72. The molecule has 0 saturated heterocycles. The summed E-state index contributed by atoms with van der Waals surface area (Å²) in [5.74, 6) is 1.36. The highest BCUT2D eigenvalue weighted by molar-refractivity contribution is 5.99. The largest absolute Gasteiger partial charge is 0.416 e. The van der Waals surface area contributed by atoms with Crippen molar-refractivity contribution in [3.8, 4) is 17.5 Å². The number of nitrogens with zero attached hydrogens (tertiary/aromatic N) is 6. The number of aromatic nitrogens is 4. The van der Waals surface area contributed by atoms with E-state index in [4.69, 9.17) is 0 Å². The van der Waals surface area contributed by atoms with Crippen LogP contribution in [0.5, 0.6) is 0 Å². The van der Waals surface area contributed by atoms with Gasteiger partial charge in [0.25, 0.3) is 0 Å². The van der Waals surface area contributed by atoms with E-state index in [1.54, 1.807) is 23.1 Å². The molecule has 1 aliphatic heterocycles. The van der Waals surface area contributed by atoms with Crippen molar-refractivity contribution in [3.63, 3.8) is 0 Å². The Balaban J connectivity index is 1.55. The molecular weight excluding hydrogens is 395 g/mol. The summed E-state index contributed by atoms with van der Waals surface area (Å²) in [4.78, 5) is 13.9. The highest BCUT2D eigenvalue weighted by atomic mass is 19.4. The Morgan fingerprint density at radius 2 is 2.13 bits per heavy atom. The number of aromatic amines is 1. The first kappa shape index (κ1) is 19.7. The van der Waals surface area contributed by atoms with Gasteiger partial charge in [-0.15, -0.1) is 0 Å². The van der Waals surface area contributed by atoms with E-state index in [9.17, 15) is 18.4 Å². The lowest BCUT2D eigenvalue weighted by Crippen LogP contribution is -2.32. The fourth-order valence-electron chi connectivity index (χ4n) is 3.33. The van der Waals surface area contributed by atoms with Gasteiger partial charge >= 0.3 is 6.18 Å². The van der Waals surface area contributed by atoms with Crippen LogP contribution in [0.3, 0.4) is 0 Å². The van der Waals surface area contributed by atoms with Crippen molar-refractivity contribution in [1.29, 1.82) is 5.26 Å². The minimum absolute atomic E-state index is 0.200. The number of alkyl halides is 3. The fraction of sp³-hybridized carbons (Fsp3) is 0.300. The van der Waals surface area contributed by atoms with E-state index in [0.29, 0.717) is 35.1 Å². The molecule has 1 N–H and O–H groups in total. The second-order valence-corrected chi connectivity index (χ2v) is 6.98. The van der Waals surface area contributed by atoms with Gasteiger partial charge in [0.15, 0.2) is 5.82 Å². The predicted molar refractivity (Wildman–Crippen MR) is 104 cm³/mol. The summed E-state index contributed by atoms with van der Waals surface area (Å²) < 4.78 is 40.3. The van der Waals surface area contributed by atoms with Crippen molar-refractivity contribution in [2.75, 3.05) is 6.54 Å². The zero-order valence-corrected chi connectivity index (χ0v) is 16.1. The van der Waals surface area contributed by atoms with Gasteiger partial charge < -0.3 is 9.88 Å². The van der Waals surface area contributed by atoms with Crippen molar-refractivity contribution in [2.45, 2.75) is 32.6 Å². The van der Waals surface area contributed by atoms with Gasteiger partial charge in [-0.05, 0) is 24.1 Å². The van der Waals surface area contributed by atoms with Crippen LogP contribution < -0.4 is 0 Å². The van der Waals surface area contributed by atoms with Crippen LogP contribution in [0.4, 0.5) is 19.0 Å². The average Bonchev–Trinajstić information content (AvgIpc) is 3.33. The number of aliphatic imine (C=N–C) groups is 1. The Morgan fingerprint density at radius 1 is 1.30 bits per heavy atom. The van der Waals surface area contributed by atoms with E-state index >= 15 is 0 Å². The molecule has 154 valence electrons. The molecule has 7 nitrogen and oxygen atoms in total. The Morgan fingerprint density at radius 3 is 2.87 bits per heavy atom. The lowest BCUT2D eigenvalue weighted by Gasteiger charge is -2.24. The Hall–Kier alpha value is -3.61. The highest BCUT2D eigenvalue weighted by Gasteiger charge is 2.30. The Bertz CT molecular complexity index is 1130. The number of rotatable bonds is 5. The van der Waals surface area contributed by atoms with E-state index < -0.39 is 11.7 Å². The summed E-state index contributed by atoms with van der Waals surface area (Å²) in [6.07, 6.45) is -0.188. The monoisotopic (exact) mass is 413 g/mol. The molecule has 2 aromatic heterocycles. The number of fused-ring (bicyclic) bond motifs is 1. The molecule has 1 aromatic carbocycles. The molecule has 0 amide bonds. The third-order valence-electron chi connectivity index (χ3n) is 4.72. The number of imidazole rings is 1. The molecule has 0 radical (unpaired) electrons. The summed E-state index contributed by atoms with van der Waals surface area (Å²) in [5.41, 5.74) is 1.31. The minimum Gasteiger partial charge on any atom is -0.342 e. The van der Waals surface area contributed by atoms with Crippen molar-refractivity contribution in [3.05, 3.63) is 53.5 Å². The summed E-state index contributed by atoms with van der Waals surface area (Å²) in [6.45, 7) is 3.46. The summed E-state index contributed by atoms with van der Waals surface area (Å²) >= 11 is 0. The zero-order valence-electron chi connectivity index (χ0n) is 16.1. The van der Waals surface area contributed by atoms with Gasteiger partial charge in [0.05, 0.1) is 36.1 Å². The van der Waals surface area contributed by atoms with Gasteiger partial charge in [0, 0.05) is 12.7 Å². The van der Waals surface area contributed by atoms with Gasteiger partial charge in [-0.1, -0.05) is 19.1 Å². The van der Waals surface area contributed by atoms with Crippen LogP contribution >= 0.6 is 0 Å². The number of halogens is 3. The number of hydrogen-bond donors (Lipinski definition) is 1. The normalized spacial score (nSPS) is 13.7. The lowest BCUT2D eigenvalue weighted by atomic mass is 10.1. The quantitative estimate of drug-likeness (QED) is 0.682. The topological polar surface area (TPSA) is 85.9 Å². The third kappa shape index (κ3) is 3.91. The molecule has 0 atom stereocenters. The van der Waals surface area contributed by atoms with E-state index in [-0.39, 0.29) is 6.54 Å². The molecule has 10 heteroatoms. The number of nitrogens with one attached hydrogen (secondary N) is 1. The maximum atomic E-state index is 12.9. The summed E-state index contributed by atoms with van der Waals surface area (Å²) in [5, 5.41) is 13.5. The molecule has 3 heterocycles. The number of hydrogen-bond acceptors (Lipinski definition) is 5. The SMILES string of the molecule is CCCN1Cc2[nH]c(-c3cnn(Cc4cccc(C(F)(F)F)c4)c3)nc2N=C1C#N. The van der Waals surface area contributed by atoms with Gasteiger partial charge in [-0.2, -0.15) is 28.5 Å². The number of amidine groups is 1. The fourth-order valence-corrected chi connectivity index (χ4v) is 3.33. The maximum absolute atomic E-state index is 12.9. The molecule has 30 heavy (non-hydrogen) atoms.